The first-order valence-electron chi connectivity index (χ1n) is 5.00. The number of hydrogen-bond acceptors (Lipinski definition) is 4. The fraction of sp³-hybridized carbons (Fsp3) is 0.455. The molecule has 2 N–H and O–H groups in total. The monoisotopic (exact) mass is 227 g/mol. The van der Waals surface area contributed by atoms with Crippen LogP contribution in [-0.2, 0) is 4.74 Å². The van der Waals surface area contributed by atoms with Crippen LogP contribution in [0.1, 0.15) is 13.8 Å². The van der Waals surface area contributed by atoms with E-state index < -0.39 is 0 Å². The van der Waals surface area contributed by atoms with Crippen LogP contribution >= 0.6 is 11.8 Å². The molecule has 0 aliphatic heterocycles. The van der Waals surface area contributed by atoms with Crippen LogP contribution in [-0.4, -0.2) is 19.2 Å². The molecule has 0 heterocycles. The molecule has 15 heavy (non-hydrogen) atoms. The van der Waals surface area contributed by atoms with Crippen molar-refractivity contribution < 1.29 is 9.47 Å². The molecule has 0 atom stereocenters. The number of rotatable bonds is 6. The first-order valence-corrected chi connectivity index (χ1v) is 5.99. The van der Waals surface area contributed by atoms with Gasteiger partial charge in [-0.1, -0.05) is 11.8 Å². The molecule has 4 heteroatoms. The zero-order valence-electron chi connectivity index (χ0n) is 9.16. The quantitative estimate of drug-likeness (QED) is 0.351. The average molecular weight is 227 g/mol. The van der Waals surface area contributed by atoms with Gasteiger partial charge in [0.15, 0.2) is 0 Å². The lowest BCUT2D eigenvalue weighted by atomic mass is 10.3. The lowest BCUT2D eigenvalue weighted by Crippen LogP contribution is -1.95. The van der Waals surface area contributed by atoms with E-state index in [-0.39, 0.29) is 0 Å². The maximum absolute atomic E-state index is 5.84. The molecule has 84 valence electrons. The molecular weight excluding hydrogens is 210 g/mol. The zero-order valence-corrected chi connectivity index (χ0v) is 9.97. The molecule has 0 spiro atoms. The van der Waals surface area contributed by atoms with Gasteiger partial charge in [-0.25, -0.2) is 0 Å². The minimum absolute atomic E-state index is 0.621. The lowest BCUT2D eigenvalue weighted by molar-refractivity contribution is 0.199. The number of anilines is 1. The van der Waals surface area contributed by atoms with Gasteiger partial charge in [-0.05, 0) is 32.0 Å². The Morgan fingerprint density at radius 1 is 1.27 bits per heavy atom. The van der Waals surface area contributed by atoms with Crippen molar-refractivity contribution in [2.45, 2.75) is 18.7 Å². The minimum Gasteiger partial charge on any atom is -0.494 e. The standard InChI is InChI=1S/C11H17NO2S/c1-3-13-8-15-11-7-9(14-4-2)5-6-10(11)12/h5-7H,3-4,8,12H2,1-2H3. The molecule has 1 aromatic carbocycles. The Kier molecular flexibility index (Phi) is 5.36. The third-order valence-corrected chi connectivity index (χ3v) is 2.75. The number of benzene rings is 1. The van der Waals surface area contributed by atoms with E-state index in [1.165, 1.54) is 0 Å². The number of ether oxygens (including phenoxy) is 2. The number of thioether (sulfide) groups is 1. The normalized spacial score (nSPS) is 10.3. The van der Waals surface area contributed by atoms with Crippen molar-refractivity contribution in [3.63, 3.8) is 0 Å². The van der Waals surface area contributed by atoms with Crippen LogP contribution < -0.4 is 10.5 Å². The van der Waals surface area contributed by atoms with Crippen molar-refractivity contribution in [2.24, 2.45) is 0 Å². The van der Waals surface area contributed by atoms with Crippen LogP contribution in [0.2, 0.25) is 0 Å². The van der Waals surface area contributed by atoms with Gasteiger partial charge in [0.05, 0.1) is 12.5 Å². The van der Waals surface area contributed by atoms with E-state index in [1.807, 2.05) is 32.0 Å². The van der Waals surface area contributed by atoms with Gasteiger partial charge in [0, 0.05) is 17.2 Å². The van der Waals surface area contributed by atoms with Gasteiger partial charge in [0.25, 0.3) is 0 Å². The summed E-state index contributed by atoms with van der Waals surface area (Å²) in [6.07, 6.45) is 0. The Bertz CT molecular complexity index is 305. The summed E-state index contributed by atoms with van der Waals surface area (Å²) in [5.41, 5.74) is 6.60. The van der Waals surface area contributed by atoms with E-state index >= 15 is 0 Å². The summed E-state index contributed by atoms with van der Waals surface area (Å²) in [7, 11) is 0. The summed E-state index contributed by atoms with van der Waals surface area (Å²) in [4.78, 5) is 1.01. The molecule has 3 nitrogen and oxygen atoms in total. The molecule has 0 fully saturated rings. The summed E-state index contributed by atoms with van der Waals surface area (Å²) >= 11 is 1.58. The zero-order chi connectivity index (χ0) is 11.1. The van der Waals surface area contributed by atoms with Gasteiger partial charge in [0.2, 0.25) is 0 Å². The first-order chi connectivity index (χ1) is 7.27. The SMILES string of the molecule is CCOCSc1cc(OCC)ccc1N. The fourth-order valence-corrected chi connectivity index (χ4v) is 1.90. The van der Waals surface area contributed by atoms with Crippen molar-refractivity contribution in [1.82, 2.24) is 0 Å². The molecule has 0 aliphatic rings. The molecule has 0 radical (unpaired) electrons. The van der Waals surface area contributed by atoms with E-state index in [2.05, 4.69) is 0 Å². The third kappa shape index (κ3) is 4.01. The summed E-state index contributed by atoms with van der Waals surface area (Å²) < 4.78 is 10.7. The summed E-state index contributed by atoms with van der Waals surface area (Å²) in [6, 6.07) is 5.69. The predicted molar refractivity (Wildman–Crippen MR) is 64.4 cm³/mol. The topological polar surface area (TPSA) is 44.5 Å². The maximum Gasteiger partial charge on any atom is 0.120 e. The predicted octanol–water partition coefficient (Wildman–Crippen LogP) is 2.75. The second-order valence-electron chi connectivity index (χ2n) is 2.89. The molecule has 0 saturated carbocycles. The highest BCUT2D eigenvalue weighted by atomic mass is 32.2. The van der Waals surface area contributed by atoms with E-state index in [4.69, 9.17) is 15.2 Å². The van der Waals surface area contributed by atoms with Crippen LogP contribution in [0.5, 0.6) is 5.75 Å². The minimum atomic E-state index is 0.621. The molecule has 0 bridgehead atoms. The lowest BCUT2D eigenvalue weighted by Gasteiger charge is -2.08. The molecule has 0 unspecified atom stereocenters. The summed E-state index contributed by atoms with van der Waals surface area (Å²) in [6.45, 7) is 5.32. The number of nitrogen functional groups attached to an aromatic ring is 1. The van der Waals surface area contributed by atoms with E-state index in [0.717, 1.165) is 22.9 Å². The summed E-state index contributed by atoms with van der Waals surface area (Å²) in [5, 5.41) is 0. The van der Waals surface area contributed by atoms with Crippen LogP contribution in [0.15, 0.2) is 23.1 Å². The van der Waals surface area contributed by atoms with Gasteiger partial charge >= 0.3 is 0 Å². The van der Waals surface area contributed by atoms with Gasteiger partial charge in [-0.2, -0.15) is 0 Å². The first kappa shape index (κ1) is 12.2. The molecule has 1 rings (SSSR count). The molecule has 0 amide bonds. The molecule has 0 aromatic heterocycles. The number of hydrogen-bond donors (Lipinski definition) is 1. The van der Waals surface area contributed by atoms with Crippen molar-refractivity contribution in [3.05, 3.63) is 18.2 Å². The third-order valence-electron chi connectivity index (χ3n) is 1.80. The Balaban J connectivity index is 2.63. The fourth-order valence-electron chi connectivity index (χ4n) is 1.08. The number of nitrogens with two attached hydrogens (primary N) is 1. The molecule has 0 saturated heterocycles. The van der Waals surface area contributed by atoms with Crippen molar-refractivity contribution in [2.75, 3.05) is 24.9 Å². The molecule has 1 aromatic rings. The summed E-state index contributed by atoms with van der Waals surface area (Å²) in [5.74, 6) is 1.47. The van der Waals surface area contributed by atoms with Gasteiger partial charge in [0.1, 0.15) is 5.75 Å². The van der Waals surface area contributed by atoms with Crippen LogP contribution in [0, 0.1) is 0 Å². The van der Waals surface area contributed by atoms with Gasteiger partial charge in [-0.3, -0.25) is 0 Å². The highest BCUT2D eigenvalue weighted by Crippen LogP contribution is 2.29. The Labute approximate surface area is 94.9 Å². The Morgan fingerprint density at radius 2 is 2.07 bits per heavy atom. The van der Waals surface area contributed by atoms with Gasteiger partial charge < -0.3 is 15.2 Å². The highest BCUT2D eigenvalue weighted by Gasteiger charge is 2.02. The maximum atomic E-state index is 5.84. The van der Waals surface area contributed by atoms with E-state index in [9.17, 15) is 0 Å². The van der Waals surface area contributed by atoms with Crippen molar-refractivity contribution >= 4 is 17.4 Å². The molecular formula is C11H17NO2S. The smallest absolute Gasteiger partial charge is 0.120 e. The van der Waals surface area contributed by atoms with Crippen LogP contribution in [0.25, 0.3) is 0 Å². The van der Waals surface area contributed by atoms with E-state index in [1.54, 1.807) is 11.8 Å². The second kappa shape index (κ2) is 6.58. The average Bonchev–Trinajstić information content (AvgIpc) is 2.23. The van der Waals surface area contributed by atoms with Crippen LogP contribution in [0.4, 0.5) is 5.69 Å². The Morgan fingerprint density at radius 3 is 2.73 bits per heavy atom. The van der Waals surface area contributed by atoms with Gasteiger partial charge in [-0.15, -0.1) is 0 Å². The van der Waals surface area contributed by atoms with Crippen molar-refractivity contribution in [1.29, 1.82) is 0 Å². The van der Waals surface area contributed by atoms with Crippen LogP contribution in [0.3, 0.4) is 0 Å². The second-order valence-corrected chi connectivity index (χ2v) is 3.85. The molecule has 0 aliphatic carbocycles. The largest absolute Gasteiger partial charge is 0.494 e. The Hall–Kier alpha value is -0.870. The highest BCUT2D eigenvalue weighted by molar-refractivity contribution is 7.99. The van der Waals surface area contributed by atoms with Crippen molar-refractivity contribution in [3.8, 4) is 5.75 Å². The van der Waals surface area contributed by atoms with E-state index in [0.29, 0.717) is 12.5 Å².